The molecule has 0 aromatic rings. The van der Waals surface area contributed by atoms with Crippen molar-refractivity contribution in [2.24, 2.45) is 5.73 Å². The molecule has 1 unspecified atom stereocenters. The van der Waals surface area contributed by atoms with Gasteiger partial charge in [0.25, 0.3) is 0 Å². The van der Waals surface area contributed by atoms with Crippen molar-refractivity contribution in [1.29, 1.82) is 0 Å². The van der Waals surface area contributed by atoms with E-state index in [4.69, 9.17) is 10.8 Å². The van der Waals surface area contributed by atoms with Crippen molar-refractivity contribution in [3.63, 3.8) is 0 Å². The summed E-state index contributed by atoms with van der Waals surface area (Å²) in [7, 11) is 0. The zero-order chi connectivity index (χ0) is 14.3. The molecule has 0 radical (unpaired) electrons. The second kappa shape index (κ2) is 17.1. The lowest BCUT2D eigenvalue weighted by Gasteiger charge is -2.04. The van der Waals surface area contributed by atoms with Crippen molar-refractivity contribution in [2.75, 3.05) is 0 Å². The number of nitrogens with two attached hydrogens (primary N) is 1. The van der Waals surface area contributed by atoms with E-state index >= 15 is 0 Å². The highest BCUT2D eigenvalue weighted by Gasteiger charge is 2.10. The highest BCUT2D eigenvalue weighted by molar-refractivity contribution is 5.73. The number of rotatable bonds is 5. The van der Waals surface area contributed by atoms with Crippen molar-refractivity contribution in [3.05, 3.63) is 36.5 Å². The first-order valence-electron chi connectivity index (χ1n) is 6.01. The zero-order valence-corrected chi connectivity index (χ0v) is 11.7. The van der Waals surface area contributed by atoms with Gasteiger partial charge in [-0.1, -0.05) is 64.2 Å². The molecule has 0 saturated carbocycles. The van der Waals surface area contributed by atoms with E-state index in [1.54, 1.807) is 18.2 Å². The summed E-state index contributed by atoms with van der Waals surface area (Å²) in [4.78, 5) is 10.4. The Morgan fingerprint density at radius 2 is 1.76 bits per heavy atom. The Labute approximate surface area is 106 Å². The van der Waals surface area contributed by atoms with Crippen molar-refractivity contribution >= 4 is 5.97 Å². The minimum Gasteiger partial charge on any atom is -0.480 e. The summed E-state index contributed by atoms with van der Waals surface area (Å²) in [6.07, 6.45) is 7.43. The Balaban J connectivity index is -0.000000439. The average molecular weight is 241 g/mol. The van der Waals surface area contributed by atoms with Crippen LogP contribution in [0.4, 0.5) is 0 Å². The maximum Gasteiger partial charge on any atom is 0.320 e. The summed E-state index contributed by atoms with van der Waals surface area (Å²) in [6.45, 7) is 13.4. The highest BCUT2D eigenvalue weighted by atomic mass is 16.4. The van der Waals surface area contributed by atoms with Crippen LogP contribution in [0.3, 0.4) is 0 Å². The molecular formula is C14H27NO2. The number of carbonyl (C=O) groups is 1. The second-order valence-electron chi connectivity index (χ2n) is 2.78. The maximum atomic E-state index is 10.4. The molecule has 0 spiro atoms. The lowest BCUT2D eigenvalue weighted by Crippen LogP contribution is -2.30. The van der Waals surface area contributed by atoms with Gasteiger partial charge >= 0.3 is 5.97 Å². The Morgan fingerprint density at radius 1 is 1.29 bits per heavy atom. The Bertz CT molecular complexity index is 243. The molecule has 3 nitrogen and oxygen atoms in total. The molecule has 0 aromatic carbocycles. The van der Waals surface area contributed by atoms with E-state index in [2.05, 4.69) is 6.58 Å². The molecule has 17 heavy (non-hydrogen) atoms. The monoisotopic (exact) mass is 241 g/mol. The minimum absolute atomic E-state index is 0.372. The summed E-state index contributed by atoms with van der Waals surface area (Å²) in [6, 6.07) is -0.812. The highest BCUT2D eigenvalue weighted by Crippen LogP contribution is 2.03. The fraction of sp³-hybridized carbons (Fsp3) is 0.500. The van der Waals surface area contributed by atoms with Gasteiger partial charge < -0.3 is 10.8 Å². The molecule has 0 aliphatic carbocycles. The van der Waals surface area contributed by atoms with Crippen molar-refractivity contribution in [3.8, 4) is 0 Å². The van der Waals surface area contributed by atoms with E-state index < -0.39 is 12.0 Å². The molecule has 0 aliphatic rings. The van der Waals surface area contributed by atoms with Crippen LogP contribution in [-0.4, -0.2) is 17.1 Å². The first kappa shape index (κ1) is 21.0. The van der Waals surface area contributed by atoms with Gasteiger partial charge in [0, 0.05) is 0 Å². The van der Waals surface area contributed by atoms with Gasteiger partial charge in [0.15, 0.2) is 0 Å². The van der Waals surface area contributed by atoms with Crippen LogP contribution in [0, 0.1) is 0 Å². The maximum absolute atomic E-state index is 10.4. The van der Waals surface area contributed by atoms with Gasteiger partial charge in [-0.2, -0.15) is 0 Å². The third-order valence-electron chi connectivity index (χ3n) is 1.49. The standard InChI is InChI=1S/C10H15NO2.2C2H6/c1-3-4-5-6-8(2)7-9(11)10(12)13;2*1-2/h3-6,9H,1,7,11H2,2H3,(H,12,13);2*1-2H3/b5-4-,8-6+;;. The van der Waals surface area contributed by atoms with E-state index in [0.717, 1.165) is 5.57 Å². The molecule has 100 valence electrons. The predicted molar refractivity (Wildman–Crippen MR) is 76.0 cm³/mol. The van der Waals surface area contributed by atoms with Crippen LogP contribution in [0.15, 0.2) is 36.5 Å². The summed E-state index contributed by atoms with van der Waals surface area (Å²) < 4.78 is 0. The molecule has 0 amide bonds. The quantitative estimate of drug-likeness (QED) is 0.724. The van der Waals surface area contributed by atoms with Gasteiger partial charge in [0.1, 0.15) is 6.04 Å². The average Bonchev–Trinajstić information content (AvgIpc) is 2.34. The zero-order valence-electron chi connectivity index (χ0n) is 11.7. The molecule has 1 atom stereocenters. The molecule has 3 N–H and O–H groups in total. The van der Waals surface area contributed by atoms with Crippen LogP contribution in [0.1, 0.15) is 41.0 Å². The fourth-order valence-corrected chi connectivity index (χ4v) is 0.801. The molecular weight excluding hydrogens is 214 g/mol. The van der Waals surface area contributed by atoms with Crippen LogP contribution in [0.2, 0.25) is 0 Å². The SMILES string of the molecule is C=C/C=C\C=C(/C)CC(N)C(=O)O.CC.CC. The number of aliphatic carboxylic acids is 1. The third kappa shape index (κ3) is 17.3. The van der Waals surface area contributed by atoms with Crippen molar-refractivity contribution < 1.29 is 9.90 Å². The van der Waals surface area contributed by atoms with E-state index in [0.29, 0.717) is 6.42 Å². The fourth-order valence-electron chi connectivity index (χ4n) is 0.801. The largest absolute Gasteiger partial charge is 0.480 e. The molecule has 0 bridgehead atoms. The third-order valence-corrected chi connectivity index (χ3v) is 1.49. The van der Waals surface area contributed by atoms with E-state index in [1.807, 2.05) is 40.7 Å². The van der Waals surface area contributed by atoms with Gasteiger partial charge in [-0.15, -0.1) is 0 Å². The van der Waals surface area contributed by atoms with E-state index in [-0.39, 0.29) is 0 Å². The van der Waals surface area contributed by atoms with Gasteiger partial charge in [-0.3, -0.25) is 4.79 Å². The van der Waals surface area contributed by atoms with Crippen LogP contribution < -0.4 is 5.73 Å². The van der Waals surface area contributed by atoms with Crippen LogP contribution >= 0.6 is 0 Å². The molecule has 0 rings (SSSR count). The number of hydrogen-bond donors (Lipinski definition) is 2. The summed E-state index contributed by atoms with van der Waals surface area (Å²) >= 11 is 0. The molecule has 0 saturated heterocycles. The lowest BCUT2D eigenvalue weighted by molar-refractivity contribution is -0.138. The molecule has 0 heterocycles. The number of carboxylic acids is 1. The smallest absolute Gasteiger partial charge is 0.320 e. The minimum atomic E-state index is -0.972. The number of carboxylic acid groups (broad SMARTS) is 1. The molecule has 0 aliphatic heterocycles. The van der Waals surface area contributed by atoms with Gasteiger partial charge in [-0.05, 0) is 13.3 Å². The predicted octanol–water partition coefficient (Wildman–Crippen LogP) is 3.53. The first-order chi connectivity index (χ1) is 8.07. The number of allylic oxidation sites excluding steroid dienone is 4. The van der Waals surface area contributed by atoms with Crippen LogP contribution in [0.5, 0.6) is 0 Å². The van der Waals surface area contributed by atoms with Crippen LogP contribution in [-0.2, 0) is 4.79 Å². The normalized spacial score (nSPS) is 11.8. The lowest BCUT2D eigenvalue weighted by atomic mass is 10.1. The Morgan fingerprint density at radius 3 is 2.12 bits per heavy atom. The molecule has 0 aromatic heterocycles. The summed E-state index contributed by atoms with van der Waals surface area (Å²) in [5.41, 5.74) is 6.27. The summed E-state index contributed by atoms with van der Waals surface area (Å²) in [5.74, 6) is -0.972. The molecule has 0 fully saturated rings. The van der Waals surface area contributed by atoms with E-state index in [9.17, 15) is 4.79 Å². The van der Waals surface area contributed by atoms with Crippen LogP contribution in [0.25, 0.3) is 0 Å². The van der Waals surface area contributed by atoms with Gasteiger partial charge in [0.2, 0.25) is 0 Å². The van der Waals surface area contributed by atoms with Gasteiger partial charge in [-0.25, -0.2) is 0 Å². The van der Waals surface area contributed by atoms with Crippen molar-refractivity contribution in [1.82, 2.24) is 0 Å². The second-order valence-corrected chi connectivity index (χ2v) is 2.78. The van der Waals surface area contributed by atoms with E-state index in [1.165, 1.54) is 0 Å². The topological polar surface area (TPSA) is 63.3 Å². The number of hydrogen-bond acceptors (Lipinski definition) is 2. The summed E-state index contributed by atoms with van der Waals surface area (Å²) in [5, 5.41) is 8.52. The Hall–Kier alpha value is -1.35. The molecule has 3 heteroatoms. The Kier molecular flexibility index (Phi) is 21.1. The van der Waals surface area contributed by atoms with Crippen molar-refractivity contribution in [2.45, 2.75) is 47.1 Å². The van der Waals surface area contributed by atoms with Gasteiger partial charge in [0.05, 0.1) is 0 Å². The first-order valence-corrected chi connectivity index (χ1v) is 6.01.